The predicted molar refractivity (Wildman–Crippen MR) is 43.4 cm³/mol. The lowest BCUT2D eigenvalue weighted by atomic mass is 9.86. The van der Waals surface area contributed by atoms with Crippen molar-refractivity contribution in [1.29, 1.82) is 0 Å². The average molecular weight is 154 g/mol. The summed E-state index contributed by atoms with van der Waals surface area (Å²) in [6.45, 7) is 0. The number of rotatable bonds is 2. The van der Waals surface area contributed by atoms with Crippen molar-refractivity contribution in [2.75, 3.05) is 0 Å². The SMILES string of the molecule is O=C(/C=C/O)C1CCCCC1. The number of carbonyl (C=O) groups is 1. The number of carbonyl (C=O) groups excluding carboxylic acids is 1. The van der Waals surface area contributed by atoms with Crippen LogP contribution >= 0.6 is 0 Å². The van der Waals surface area contributed by atoms with Crippen molar-refractivity contribution in [1.82, 2.24) is 0 Å². The molecule has 0 aromatic heterocycles. The molecule has 1 fully saturated rings. The van der Waals surface area contributed by atoms with E-state index in [1.54, 1.807) is 0 Å². The van der Waals surface area contributed by atoms with Gasteiger partial charge in [-0.05, 0) is 12.8 Å². The van der Waals surface area contributed by atoms with Gasteiger partial charge in [0.25, 0.3) is 0 Å². The maximum atomic E-state index is 11.2. The maximum absolute atomic E-state index is 11.2. The topological polar surface area (TPSA) is 37.3 Å². The van der Waals surface area contributed by atoms with Crippen molar-refractivity contribution >= 4 is 5.78 Å². The van der Waals surface area contributed by atoms with Crippen LogP contribution in [0.4, 0.5) is 0 Å². The van der Waals surface area contributed by atoms with E-state index in [1.807, 2.05) is 0 Å². The first-order valence-electron chi connectivity index (χ1n) is 4.19. The standard InChI is InChI=1S/C9H14O2/c10-7-6-9(11)8-4-2-1-3-5-8/h6-8,10H,1-5H2/b7-6+. The van der Waals surface area contributed by atoms with Crippen molar-refractivity contribution in [3.05, 3.63) is 12.3 Å². The van der Waals surface area contributed by atoms with E-state index >= 15 is 0 Å². The van der Waals surface area contributed by atoms with Gasteiger partial charge < -0.3 is 5.11 Å². The Morgan fingerprint density at radius 2 is 1.91 bits per heavy atom. The van der Waals surface area contributed by atoms with Gasteiger partial charge in [0.1, 0.15) is 0 Å². The van der Waals surface area contributed by atoms with E-state index in [9.17, 15) is 4.79 Å². The molecule has 0 aliphatic heterocycles. The molecule has 1 aliphatic rings. The number of hydrogen-bond donors (Lipinski definition) is 1. The molecule has 0 heterocycles. The summed E-state index contributed by atoms with van der Waals surface area (Å²) in [7, 11) is 0. The Morgan fingerprint density at radius 1 is 1.27 bits per heavy atom. The highest BCUT2D eigenvalue weighted by atomic mass is 16.2. The van der Waals surface area contributed by atoms with Crippen molar-refractivity contribution in [2.24, 2.45) is 5.92 Å². The highest BCUT2D eigenvalue weighted by Gasteiger charge is 2.18. The zero-order chi connectivity index (χ0) is 8.10. The van der Waals surface area contributed by atoms with Crippen LogP contribution in [-0.4, -0.2) is 10.9 Å². The molecule has 0 atom stereocenters. The quantitative estimate of drug-likeness (QED) is 0.489. The van der Waals surface area contributed by atoms with Crippen LogP contribution in [0.1, 0.15) is 32.1 Å². The molecule has 1 saturated carbocycles. The normalized spacial score (nSPS) is 20.7. The van der Waals surface area contributed by atoms with E-state index in [4.69, 9.17) is 5.11 Å². The highest BCUT2D eigenvalue weighted by Crippen LogP contribution is 2.24. The summed E-state index contributed by atoms with van der Waals surface area (Å²) in [6, 6.07) is 0. The molecule has 0 amide bonds. The number of hydrogen-bond acceptors (Lipinski definition) is 2. The first-order chi connectivity index (χ1) is 5.34. The summed E-state index contributed by atoms with van der Waals surface area (Å²) < 4.78 is 0. The van der Waals surface area contributed by atoms with E-state index in [2.05, 4.69) is 0 Å². The summed E-state index contributed by atoms with van der Waals surface area (Å²) in [5, 5.41) is 8.37. The van der Waals surface area contributed by atoms with Crippen LogP contribution in [0.2, 0.25) is 0 Å². The van der Waals surface area contributed by atoms with E-state index in [1.165, 1.54) is 12.5 Å². The third-order valence-electron chi connectivity index (χ3n) is 2.25. The van der Waals surface area contributed by atoms with Crippen LogP contribution in [0.5, 0.6) is 0 Å². The van der Waals surface area contributed by atoms with Crippen LogP contribution in [0.3, 0.4) is 0 Å². The Bertz CT molecular complexity index is 155. The van der Waals surface area contributed by atoms with Gasteiger partial charge in [-0.2, -0.15) is 0 Å². The monoisotopic (exact) mass is 154 g/mol. The fourth-order valence-corrected chi connectivity index (χ4v) is 1.60. The molecule has 2 nitrogen and oxygen atoms in total. The first kappa shape index (κ1) is 8.31. The molecular weight excluding hydrogens is 140 g/mol. The van der Waals surface area contributed by atoms with E-state index in [-0.39, 0.29) is 11.7 Å². The Hall–Kier alpha value is -0.790. The molecule has 2 heteroatoms. The molecular formula is C9H14O2. The lowest BCUT2D eigenvalue weighted by Gasteiger charge is -2.18. The van der Waals surface area contributed by atoms with Crippen molar-refractivity contribution in [2.45, 2.75) is 32.1 Å². The highest BCUT2D eigenvalue weighted by molar-refractivity contribution is 5.91. The minimum absolute atomic E-state index is 0.0900. The summed E-state index contributed by atoms with van der Waals surface area (Å²) >= 11 is 0. The second-order valence-corrected chi connectivity index (χ2v) is 3.05. The van der Waals surface area contributed by atoms with Crippen LogP contribution in [-0.2, 0) is 4.79 Å². The number of allylic oxidation sites excluding steroid dienone is 1. The Labute approximate surface area is 66.9 Å². The zero-order valence-electron chi connectivity index (χ0n) is 6.62. The van der Waals surface area contributed by atoms with Gasteiger partial charge in [-0.15, -0.1) is 0 Å². The van der Waals surface area contributed by atoms with Gasteiger partial charge in [-0.25, -0.2) is 0 Å². The minimum atomic E-state index is 0.0900. The molecule has 0 aromatic rings. The summed E-state index contributed by atoms with van der Waals surface area (Å²) in [6.07, 6.45) is 7.71. The van der Waals surface area contributed by atoms with E-state index in [0.29, 0.717) is 0 Å². The predicted octanol–water partition coefficient (Wildman–Crippen LogP) is 2.21. The van der Waals surface area contributed by atoms with E-state index in [0.717, 1.165) is 31.9 Å². The first-order valence-corrected chi connectivity index (χ1v) is 4.19. The van der Waals surface area contributed by atoms with Crippen LogP contribution in [0.25, 0.3) is 0 Å². The molecule has 1 aliphatic carbocycles. The largest absolute Gasteiger partial charge is 0.515 e. The third kappa shape index (κ3) is 2.37. The molecule has 1 N–H and O–H groups in total. The molecule has 0 saturated heterocycles. The molecule has 0 unspecified atom stereocenters. The van der Waals surface area contributed by atoms with Gasteiger partial charge in [-0.1, -0.05) is 19.3 Å². The number of ketones is 1. The van der Waals surface area contributed by atoms with Crippen LogP contribution in [0.15, 0.2) is 12.3 Å². The molecule has 0 spiro atoms. The molecule has 0 radical (unpaired) electrons. The third-order valence-corrected chi connectivity index (χ3v) is 2.25. The molecule has 11 heavy (non-hydrogen) atoms. The summed E-state index contributed by atoms with van der Waals surface area (Å²) in [4.78, 5) is 11.2. The van der Waals surface area contributed by atoms with Gasteiger partial charge in [0.05, 0.1) is 6.26 Å². The van der Waals surface area contributed by atoms with Crippen LogP contribution < -0.4 is 0 Å². The smallest absolute Gasteiger partial charge is 0.161 e. The Kier molecular flexibility index (Phi) is 3.14. The van der Waals surface area contributed by atoms with Crippen LogP contribution in [0, 0.1) is 5.92 Å². The lowest BCUT2D eigenvalue weighted by molar-refractivity contribution is -0.119. The second-order valence-electron chi connectivity index (χ2n) is 3.05. The molecule has 1 rings (SSSR count). The zero-order valence-corrected chi connectivity index (χ0v) is 6.62. The average Bonchev–Trinajstić information content (AvgIpc) is 2.07. The van der Waals surface area contributed by atoms with Gasteiger partial charge in [0.2, 0.25) is 0 Å². The van der Waals surface area contributed by atoms with Gasteiger partial charge in [0.15, 0.2) is 5.78 Å². The summed E-state index contributed by atoms with van der Waals surface area (Å²) in [5.41, 5.74) is 0. The minimum Gasteiger partial charge on any atom is -0.515 e. The maximum Gasteiger partial charge on any atom is 0.161 e. The fraction of sp³-hybridized carbons (Fsp3) is 0.667. The molecule has 62 valence electrons. The van der Waals surface area contributed by atoms with Crippen molar-refractivity contribution in [3.8, 4) is 0 Å². The Balaban J connectivity index is 2.38. The van der Waals surface area contributed by atoms with Gasteiger partial charge in [-0.3, -0.25) is 4.79 Å². The van der Waals surface area contributed by atoms with Gasteiger partial charge in [0, 0.05) is 12.0 Å². The van der Waals surface area contributed by atoms with Gasteiger partial charge >= 0.3 is 0 Å². The second kappa shape index (κ2) is 4.16. The summed E-state index contributed by atoms with van der Waals surface area (Å²) in [5.74, 6) is 0.277. The molecule has 0 aromatic carbocycles. The number of aliphatic hydroxyl groups excluding tert-OH is 1. The van der Waals surface area contributed by atoms with Crippen molar-refractivity contribution < 1.29 is 9.90 Å². The van der Waals surface area contributed by atoms with E-state index < -0.39 is 0 Å². The molecule has 0 bridgehead atoms. The lowest BCUT2D eigenvalue weighted by Crippen LogP contribution is -2.15. The fourth-order valence-electron chi connectivity index (χ4n) is 1.60. The number of aliphatic hydroxyl groups is 1. The Morgan fingerprint density at radius 3 is 2.45 bits per heavy atom. The van der Waals surface area contributed by atoms with Crippen molar-refractivity contribution in [3.63, 3.8) is 0 Å².